The number of rotatable bonds is 3. The van der Waals surface area contributed by atoms with Crippen molar-refractivity contribution >= 4 is 0 Å². The summed E-state index contributed by atoms with van der Waals surface area (Å²) in [6, 6.07) is 9.96. The fourth-order valence-electron chi connectivity index (χ4n) is 1.73. The molecule has 1 heterocycles. The summed E-state index contributed by atoms with van der Waals surface area (Å²) in [5, 5.41) is 25.0. The lowest BCUT2D eigenvalue weighted by atomic mass is 10.2. The van der Waals surface area contributed by atoms with Gasteiger partial charge in [0.2, 0.25) is 0 Å². The van der Waals surface area contributed by atoms with E-state index in [-0.39, 0.29) is 6.17 Å². The Morgan fingerprint density at radius 3 is 2.60 bits per heavy atom. The smallest absolute Gasteiger partial charge is 0.109 e. The second-order valence-electron chi connectivity index (χ2n) is 3.81. The van der Waals surface area contributed by atoms with Crippen molar-refractivity contribution in [3.05, 3.63) is 35.9 Å². The van der Waals surface area contributed by atoms with Gasteiger partial charge in [0, 0.05) is 13.1 Å². The van der Waals surface area contributed by atoms with Crippen molar-refractivity contribution in [2.45, 2.75) is 24.9 Å². The molecule has 0 radical (unpaired) electrons. The van der Waals surface area contributed by atoms with E-state index in [1.165, 1.54) is 0 Å². The molecule has 4 nitrogen and oxygen atoms in total. The number of β-amino-alcohol motifs (C(OH)–C–C–N with tert-alkyl or cyclic N) is 1. The summed E-state index contributed by atoms with van der Waals surface area (Å²) in [4.78, 5) is 0. The van der Waals surface area contributed by atoms with Crippen LogP contribution in [0.5, 0.6) is 0 Å². The molecule has 15 heavy (non-hydrogen) atoms. The maximum absolute atomic E-state index is 9.56. The SMILES string of the molecule is OC1CNC(NCc2ccccc2)C1O. The minimum Gasteiger partial charge on any atom is -0.389 e. The summed E-state index contributed by atoms with van der Waals surface area (Å²) in [5.74, 6) is 0. The Labute approximate surface area is 88.9 Å². The van der Waals surface area contributed by atoms with Gasteiger partial charge >= 0.3 is 0 Å². The van der Waals surface area contributed by atoms with Gasteiger partial charge in [-0.3, -0.25) is 10.6 Å². The van der Waals surface area contributed by atoms with Crippen LogP contribution >= 0.6 is 0 Å². The van der Waals surface area contributed by atoms with Crippen LogP contribution < -0.4 is 10.6 Å². The van der Waals surface area contributed by atoms with Gasteiger partial charge in [0.25, 0.3) is 0 Å². The molecule has 2 rings (SSSR count). The van der Waals surface area contributed by atoms with Crippen LogP contribution in [0.25, 0.3) is 0 Å². The van der Waals surface area contributed by atoms with Gasteiger partial charge in [-0.05, 0) is 5.56 Å². The van der Waals surface area contributed by atoms with E-state index < -0.39 is 12.2 Å². The molecule has 3 atom stereocenters. The van der Waals surface area contributed by atoms with E-state index in [9.17, 15) is 10.2 Å². The Balaban J connectivity index is 1.84. The first-order valence-corrected chi connectivity index (χ1v) is 5.14. The Kier molecular flexibility index (Phi) is 3.33. The van der Waals surface area contributed by atoms with Gasteiger partial charge in [-0.2, -0.15) is 0 Å². The molecule has 3 unspecified atom stereocenters. The van der Waals surface area contributed by atoms with E-state index in [4.69, 9.17) is 0 Å². The van der Waals surface area contributed by atoms with E-state index in [2.05, 4.69) is 10.6 Å². The minimum absolute atomic E-state index is 0.222. The summed E-state index contributed by atoms with van der Waals surface area (Å²) >= 11 is 0. The predicted octanol–water partition coefficient (Wildman–Crippen LogP) is -0.573. The third kappa shape index (κ3) is 2.54. The van der Waals surface area contributed by atoms with Crippen molar-refractivity contribution in [2.75, 3.05) is 6.54 Å². The van der Waals surface area contributed by atoms with Crippen molar-refractivity contribution in [1.82, 2.24) is 10.6 Å². The normalized spacial score (nSPS) is 30.7. The highest BCUT2D eigenvalue weighted by Gasteiger charge is 2.32. The summed E-state index contributed by atoms with van der Waals surface area (Å²) in [7, 11) is 0. The first-order valence-electron chi connectivity index (χ1n) is 5.14. The van der Waals surface area contributed by atoms with Crippen LogP contribution in [0.3, 0.4) is 0 Å². The number of benzene rings is 1. The Hall–Kier alpha value is -0.940. The zero-order valence-electron chi connectivity index (χ0n) is 8.43. The second kappa shape index (κ2) is 4.72. The van der Waals surface area contributed by atoms with Crippen LogP contribution in [0.15, 0.2) is 30.3 Å². The monoisotopic (exact) mass is 208 g/mol. The van der Waals surface area contributed by atoms with Crippen molar-refractivity contribution in [3.63, 3.8) is 0 Å². The molecule has 0 aromatic heterocycles. The molecule has 4 heteroatoms. The van der Waals surface area contributed by atoms with Crippen LogP contribution in [-0.2, 0) is 6.54 Å². The van der Waals surface area contributed by atoms with Crippen LogP contribution in [0.1, 0.15) is 5.56 Å². The molecule has 0 saturated carbocycles. The zero-order chi connectivity index (χ0) is 10.7. The topological polar surface area (TPSA) is 64.5 Å². The van der Waals surface area contributed by atoms with Gasteiger partial charge in [0.05, 0.1) is 12.3 Å². The Morgan fingerprint density at radius 2 is 2.00 bits per heavy atom. The molecule has 1 aromatic rings. The van der Waals surface area contributed by atoms with Gasteiger partial charge in [-0.15, -0.1) is 0 Å². The molecular formula is C11H16N2O2. The van der Waals surface area contributed by atoms with Crippen LogP contribution in [0.2, 0.25) is 0 Å². The highest BCUT2D eigenvalue weighted by atomic mass is 16.3. The predicted molar refractivity (Wildman–Crippen MR) is 57.1 cm³/mol. The minimum atomic E-state index is -0.728. The molecule has 1 fully saturated rings. The number of aliphatic hydroxyl groups excluding tert-OH is 2. The number of nitrogens with one attached hydrogen (secondary N) is 2. The fourth-order valence-corrected chi connectivity index (χ4v) is 1.73. The molecule has 1 aliphatic heterocycles. The standard InChI is InChI=1S/C11H16N2O2/c14-9-7-13-11(10(9)15)12-6-8-4-2-1-3-5-8/h1-5,9-15H,6-7H2. The van der Waals surface area contributed by atoms with Crippen LogP contribution in [0, 0.1) is 0 Å². The Morgan fingerprint density at radius 1 is 1.27 bits per heavy atom. The molecule has 4 N–H and O–H groups in total. The maximum atomic E-state index is 9.56. The molecule has 1 saturated heterocycles. The van der Waals surface area contributed by atoms with Gasteiger partial charge in [0.15, 0.2) is 0 Å². The van der Waals surface area contributed by atoms with E-state index in [1.54, 1.807) is 0 Å². The summed E-state index contributed by atoms with van der Waals surface area (Å²) < 4.78 is 0. The number of aliphatic hydroxyl groups is 2. The third-order valence-electron chi connectivity index (χ3n) is 2.65. The average molecular weight is 208 g/mol. The largest absolute Gasteiger partial charge is 0.389 e. The van der Waals surface area contributed by atoms with Crippen molar-refractivity contribution in [3.8, 4) is 0 Å². The summed E-state index contributed by atoms with van der Waals surface area (Å²) in [6.07, 6.45) is -1.62. The summed E-state index contributed by atoms with van der Waals surface area (Å²) in [6.45, 7) is 1.12. The molecule has 82 valence electrons. The molecule has 0 spiro atoms. The van der Waals surface area contributed by atoms with E-state index in [1.807, 2.05) is 30.3 Å². The van der Waals surface area contributed by atoms with E-state index in [0.717, 1.165) is 5.56 Å². The highest BCUT2D eigenvalue weighted by molar-refractivity contribution is 5.14. The molecule has 0 aliphatic carbocycles. The van der Waals surface area contributed by atoms with Crippen molar-refractivity contribution < 1.29 is 10.2 Å². The molecule has 1 aromatic carbocycles. The summed E-state index contributed by atoms with van der Waals surface area (Å²) in [5.41, 5.74) is 1.16. The second-order valence-corrected chi connectivity index (χ2v) is 3.81. The average Bonchev–Trinajstić information content (AvgIpc) is 2.59. The van der Waals surface area contributed by atoms with Crippen LogP contribution in [0.4, 0.5) is 0 Å². The maximum Gasteiger partial charge on any atom is 0.109 e. The Bertz CT molecular complexity index is 305. The number of hydrogen-bond donors (Lipinski definition) is 4. The quantitative estimate of drug-likeness (QED) is 0.537. The van der Waals surface area contributed by atoms with E-state index in [0.29, 0.717) is 13.1 Å². The molecular weight excluding hydrogens is 192 g/mol. The lowest BCUT2D eigenvalue weighted by molar-refractivity contribution is 0.0344. The third-order valence-corrected chi connectivity index (χ3v) is 2.65. The van der Waals surface area contributed by atoms with Crippen molar-refractivity contribution in [1.29, 1.82) is 0 Å². The van der Waals surface area contributed by atoms with Gasteiger partial charge in [-0.1, -0.05) is 30.3 Å². The van der Waals surface area contributed by atoms with Gasteiger partial charge in [0.1, 0.15) is 6.10 Å². The first kappa shape index (κ1) is 10.6. The van der Waals surface area contributed by atoms with E-state index >= 15 is 0 Å². The molecule has 0 amide bonds. The first-order chi connectivity index (χ1) is 7.27. The fraction of sp³-hybridized carbons (Fsp3) is 0.455. The van der Waals surface area contributed by atoms with Gasteiger partial charge < -0.3 is 10.2 Å². The lowest BCUT2D eigenvalue weighted by Gasteiger charge is -2.17. The molecule has 1 aliphatic rings. The van der Waals surface area contributed by atoms with Gasteiger partial charge in [-0.25, -0.2) is 0 Å². The number of hydrogen-bond acceptors (Lipinski definition) is 4. The van der Waals surface area contributed by atoms with Crippen LogP contribution in [-0.4, -0.2) is 35.1 Å². The molecule has 0 bridgehead atoms. The zero-order valence-corrected chi connectivity index (χ0v) is 8.43. The highest BCUT2D eigenvalue weighted by Crippen LogP contribution is 2.06. The van der Waals surface area contributed by atoms with Crippen molar-refractivity contribution in [2.24, 2.45) is 0 Å². The lowest BCUT2D eigenvalue weighted by Crippen LogP contribution is -2.45.